The molecule has 0 bridgehead atoms. The summed E-state index contributed by atoms with van der Waals surface area (Å²) < 4.78 is 45.1. The molecule has 2 saturated carbocycles. The van der Waals surface area contributed by atoms with Crippen molar-refractivity contribution in [1.82, 2.24) is 9.88 Å². The van der Waals surface area contributed by atoms with Crippen molar-refractivity contribution in [1.29, 1.82) is 0 Å². The number of carbonyl (C=O) groups excluding carboxylic acids is 2. The van der Waals surface area contributed by atoms with E-state index >= 15 is 0 Å². The molecular weight excluding hydrogens is 533 g/mol. The van der Waals surface area contributed by atoms with Gasteiger partial charge in [0.25, 0.3) is 0 Å². The molecule has 6 rings (SSSR count). The maximum Gasteiger partial charge on any atom is 0.416 e. The molecule has 2 saturated heterocycles. The van der Waals surface area contributed by atoms with Crippen LogP contribution in [0.1, 0.15) is 50.3 Å². The smallest absolute Gasteiger partial charge is 0.416 e. The Morgan fingerprint density at radius 3 is 2.66 bits per heavy atom. The molecule has 218 valence electrons. The van der Waals surface area contributed by atoms with Crippen LogP contribution in [0.5, 0.6) is 0 Å². The maximum atomic E-state index is 13.2. The predicted molar refractivity (Wildman–Crippen MR) is 146 cm³/mol. The molecule has 0 radical (unpaired) electrons. The number of carbonyl (C=O) groups is 2. The molecule has 1 aromatic carbocycles. The first-order valence-electron chi connectivity index (χ1n) is 14.6. The lowest BCUT2D eigenvalue weighted by Gasteiger charge is -2.47. The van der Waals surface area contributed by atoms with E-state index in [1.165, 1.54) is 6.07 Å². The highest BCUT2D eigenvalue weighted by atomic mass is 19.4. The van der Waals surface area contributed by atoms with Crippen molar-refractivity contribution in [3.05, 3.63) is 59.9 Å². The van der Waals surface area contributed by atoms with E-state index in [0.717, 1.165) is 37.8 Å². The Bertz CT molecular complexity index is 1330. The fourth-order valence-electron chi connectivity index (χ4n) is 7.80. The van der Waals surface area contributed by atoms with Crippen LogP contribution in [0, 0.1) is 35.5 Å². The Balaban J connectivity index is 1.20. The van der Waals surface area contributed by atoms with Crippen molar-refractivity contribution in [2.75, 3.05) is 13.1 Å². The van der Waals surface area contributed by atoms with E-state index in [9.17, 15) is 27.9 Å². The van der Waals surface area contributed by atoms with Gasteiger partial charge in [-0.05, 0) is 86.6 Å². The molecule has 9 heteroatoms. The van der Waals surface area contributed by atoms with Crippen LogP contribution in [0.3, 0.4) is 0 Å². The van der Waals surface area contributed by atoms with Crippen LogP contribution in [0.15, 0.2) is 48.7 Å². The van der Waals surface area contributed by atoms with E-state index < -0.39 is 17.8 Å². The second-order valence-corrected chi connectivity index (χ2v) is 12.2. The highest BCUT2D eigenvalue weighted by Crippen LogP contribution is 2.54. The lowest BCUT2D eigenvalue weighted by atomic mass is 9.56. The number of fused-ring (bicyclic) bond motifs is 2. The van der Waals surface area contributed by atoms with Crippen molar-refractivity contribution >= 4 is 18.0 Å². The molecule has 1 aromatic heterocycles. The minimum absolute atomic E-state index is 0.0605. The zero-order valence-corrected chi connectivity index (χ0v) is 23.0. The second kappa shape index (κ2) is 10.9. The number of benzene rings is 1. The van der Waals surface area contributed by atoms with Crippen LogP contribution in [0.25, 0.3) is 17.2 Å². The summed E-state index contributed by atoms with van der Waals surface area (Å²) in [6.07, 6.45) is 4.41. The molecule has 8 atom stereocenters. The third kappa shape index (κ3) is 5.53. The Kier molecular flexibility index (Phi) is 7.42. The molecule has 3 heterocycles. The minimum Gasteiger partial charge on any atom is -0.462 e. The molecular formula is C32H35F3N2O4. The molecule has 6 nitrogen and oxygen atoms in total. The van der Waals surface area contributed by atoms with E-state index in [4.69, 9.17) is 4.74 Å². The Morgan fingerprint density at radius 1 is 1.12 bits per heavy atom. The van der Waals surface area contributed by atoms with Crippen molar-refractivity contribution in [2.24, 2.45) is 35.5 Å². The van der Waals surface area contributed by atoms with E-state index in [-0.39, 0.29) is 47.6 Å². The summed E-state index contributed by atoms with van der Waals surface area (Å²) in [7, 11) is 0. The number of aromatic nitrogens is 1. The molecule has 1 amide bonds. The molecule has 4 aliphatic rings. The first-order chi connectivity index (χ1) is 19.6. The van der Waals surface area contributed by atoms with Crippen LogP contribution in [0.4, 0.5) is 13.2 Å². The highest BCUT2D eigenvalue weighted by Gasteiger charge is 2.55. The number of ether oxygens (including phenoxy) is 1. The molecule has 0 spiro atoms. The molecule has 0 unspecified atom stereocenters. The van der Waals surface area contributed by atoms with Gasteiger partial charge in [0.05, 0.1) is 23.3 Å². The summed E-state index contributed by atoms with van der Waals surface area (Å²) in [5.74, 6) is 0.403. The fourth-order valence-corrected chi connectivity index (χ4v) is 7.80. The summed E-state index contributed by atoms with van der Waals surface area (Å²) in [4.78, 5) is 32.3. The highest BCUT2D eigenvalue weighted by molar-refractivity contribution is 5.79. The zero-order chi connectivity index (χ0) is 28.9. The monoisotopic (exact) mass is 568 g/mol. The average molecular weight is 569 g/mol. The Morgan fingerprint density at radius 2 is 1.95 bits per heavy atom. The first kappa shape index (κ1) is 27.9. The predicted octanol–water partition coefficient (Wildman–Crippen LogP) is 5.60. The third-order valence-electron chi connectivity index (χ3n) is 9.77. The van der Waals surface area contributed by atoms with Crippen LogP contribution in [-0.4, -0.2) is 52.2 Å². The number of nitrogens with zero attached hydrogens (tertiary/aromatic N) is 2. The summed E-state index contributed by atoms with van der Waals surface area (Å²) in [6.45, 7) is 2.96. The van der Waals surface area contributed by atoms with Gasteiger partial charge in [-0.3, -0.25) is 14.6 Å². The van der Waals surface area contributed by atoms with E-state index in [1.807, 2.05) is 13.0 Å². The number of hydrogen-bond donors (Lipinski definition) is 1. The van der Waals surface area contributed by atoms with Gasteiger partial charge in [0.1, 0.15) is 6.10 Å². The molecule has 41 heavy (non-hydrogen) atoms. The van der Waals surface area contributed by atoms with Gasteiger partial charge in [0.15, 0.2) is 0 Å². The lowest BCUT2D eigenvalue weighted by Crippen LogP contribution is -2.46. The third-order valence-corrected chi connectivity index (χ3v) is 9.77. The van der Waals surface area contributed by atoms with Gasteiger partial charge in [0.2, 0.25) is 5.91 Å². The number of esters is 1. The number of halogens is 3. The van der Waals surface area contributed by atoms with Gasteiger partial charge in [-0.25, -0.2) is 0 Å². The number of allylic oxidation sites excluding steroid dienone is 1. The van der Waals surface area contributed by atoms with Gasteiger partial charge >= 0.3 is 12.1 Å². The number of aliphatic hydroxyl groups excluding tert-OH is 1. The average Bonchev–Trinajstić information content (AvgIpc) is 3.52. The SMILES string of the molecule is C[C@H]1OC(=O)[C@@H]2C[C@@H]3C[C@H](C(=O)N4CC[C@H](O)C4)CC[C@H]3[C@H](/C=C/c3ccc(-c4cccc(C(F)(F)F)c4)cn3)[C@H]12. The van der Waals surface area contributed by atoms with Gasteiger partial charge in [-0.15, -0.1) is 0 Å². The largest absolute Gasteiger partial charge is 0.462 e. The maximum absolute atomic E-state index is 13.2. The van der Waals surface area contributed by atoms with Crippen LogP contribution >= 0.6 is 0 Å². The van der Waals surface area contributed by atoms with Crippen molar-refractivity contribution in [2.45, 2.75) is 57.4 Å². The van der Waals surface area contributed by atoms with Crippen LogP contribution in [0.2, 0.25) is 0 Å². The Labute approximate surface area is 237 Å². The summed E-state index contributed by atoms with van der Waals surface area (Å²) in [6, 6.07) is 8.77. The summed E-state index contributed by atoms with van der Waals surface area (Å²) in [5.41, 5.74) is 1.04. The molecule has 2 aromatic rings. The number of pyridine rings is 1. The quantitative estimate of drug-likeness (QED) is 0.486. The minimum atomic E-state index is -4.41. The molecule has 2 aliphatic heterocycles. The van der Waals surface area contributed by atoms with E-state index in [0.29, 0.717) is 42.2 Å². The number of aliphatic hydroxyl groups is 1. The number of likely N-dealkylation sites (tertiary alicyclic amines) is 1. The number of β-amino-alcohol motifs (C(OH)–C–C–N with tert-alkyl or cyclic N) is 1. The zero-order valence-electron chi connectivity index (χ0n) is 23.0. The number of alkyl halides is 3. The number of cyclic esters (lactones) is 1. The fraction of sp³-hybridized carbons (Fsp3) is 0.531. The lowest BCUT2D eigenvalue weighted by molar-refractivity contribution is -0.144. The molecule has 2 aliphatic carbocycles. The first-order valence-corrected chi connectivity index (χ1v) is 14.6. The van der Waals surface area contributed by atoms with Gasteiger partial charge in [-0.2, -0.15) is 13.2 Å². The van der Waals surface area contributed by atoms with E-state index in [1.54, 1.807) is 29.3 Å². The number of hydrogen-bond acceptors (Lipinski definition) is 5. The number of amides is 1. The van der Waals surface area contributed by atoms with Crippen LogP contribution in [-0.2, 0) is 20.5 Å². The topological polar surface area (TPSA) is 79.7 Å². The normalized spacial score (nSPS) is 33.5. The summed E-state index contributed by atoms with van der Waals surface area (Å²) >= 11 is 0. The standard InChI is InChI=1S/C32H35F3N2O4/c1-18-29-27(10-8-24-7-5-21(16-36-24)19-3-2-4-23(14-19)32(33,34)35)26-9-6-20(30(39)37-12-11-25(38)17-37)13-22(26)15-28(29)31(40)41-18/h2-5,7-8,10,14,16,18,20,22,25-29,38H,6,9,11-13,15,17H2,1H3/b10-8+/t18-,20-,22+,25+,26-,27+,28-,29+/m1/s1. The van der Waals surface area contributed by atoms with Gasteiger partial charge in [0, 0.05) is 36.7 Å². The van der Waals surface area contributed by atoms with E-state index in [2.05, 4.69) is 11.1 Å². The van der Waals surface area contributed by atoms with Gasteiger partial charge < -0.3 is 14.7 Å². The van der Waals surface area contributed by atoms with Crippen molar-refractivity contribution in [3.63, 3.8) is 0 Å². The van der Waals surface area contributed by atoms with Crippen molar-refractivity contribution < 1.29 is 32.6 Å². The Hall–Kier alpha value is -3.20. The second-order valence-electron chi connectivity index (χ2n) is 12.2. The summed E-state index contributed by atoms with van der Waals surface area (Å²) in [5, 5.41) is 9.89. The molecule has 1 N–H and O–H groups in total. The molecule has 4 fully saturated rings. The van der Waals surface area contributed by atoms with Crippen molar-refractivity contribution in [3.8, 4) is 11.1 Å². The van der Waals surface area contributed by atoms with Crippen LogP contribution < -0.4 is 0 Å². The van der Waals surface area contributed by atoms with Gasteiger partial charge in [-0.1, -0.05) is 24.3 Å². The number of rotatable bonds is 4.